The van der Waals surface area contributed by atoms with Crippen LogP contribution in [-0.4, -0.2) is 26.3 Å². The van der Waals surface area contributed by atoms with E-state index in [1.54, 1.807) is 13.4 Å². The van der Waals surface area contributed by atoms with Gasteiger partial charge < -0.3 is 14.5 Å². The molecular weight excluding hydrogens is 190 g/mol. The van der Waals surface area contributed by atoms with Crippen LogP contribution in [0.1, 0.15) is 25.5 Å². The second kappa shape index (κ2) is 7.49. The minimum Gasteiger partial charge on any atom is -0.469 e. The van der Waals surface area contributed by atoms with Gasteiger partial charge in [-0.25, -0.2) is 0 Å². The molecule has 0 aliphatic rings. The summed E-state index contributed by atoms with van der Waals surface area (Å²) >= 11 is 0. The van der Waals surface area contributed by atoms with Crippen LogP contribution in [0.3, 0.4) is 0 Å². The lowest BCUT2D eigenvalue weighted by atomic mass is 10.1. The molecule has 1 aromatic rings. The first kappa shape index (κ1) is 12.3. The molecular formula is C12H21NO2. The molecule has 86 valence electrons. The third-order valence-electron chi connectivity index (χ3n) is 2.42. The van der Waals surface area contributed by atoms with Crippen molar-refractivity contribution in [1.29, 1.82) is 0 Å². The summed E-state index contributed by atoms with van der Waals surface area (Å²) in [7, 11) is 1.74. The first-order valence-corrected chi connectivity index (χ1v) is 5.61. The Bertz CT molecular complexity index is 234. The molecule has 1 rings (SSSR count). The highest BCUT2D eigenvalue weighted by Gasteiger charge is 2.09. The van der Waals surface area contributed by atoms with Crippen molar-refractivity contribution < 1.29 is 9.15 Å². The highest BCUT2D eigenvalue weighted by molar-refractivity contribution is 5.00. The Labute approximate surface area is 91.8 Å². The summed E-state index contributed by atoms with van der Waals surface area (Å²) in [5.41, 5.74) is 0. The molecule has 0 fully saturated rings. The molecule has 0 radical (unpaired) electrons. The van der Waals surface area contributed by atoms with Crippen LogP contribution in [0.2, 0.25) is 0 Å². The Kier molecular flexibility index (Phi) is 6.12. The van der Waals surface area contributed by atoms with Crippen LogP contribution in [0.4, 0.5) is 0 Å². The van der Waals surface area contributed by atoms with Crippen molar-refractivity contribution in [2.24, 2.45) is 0 Å². The van der Waals surface area contributed by atoms with Crippen molar-refractivity contribution in [1.82, 2.24) is 5.32 Å². The van der Waals surface area contributed by atoms with Gasteiger partial charge >= 0.3 is 0 Å². The maximum atomic E-state index is 5.35. The lowest BCUT2D eigenvalue weighted by molar-refractivity contribution is 0.188. The molecule has 3 nitrogen and oxygen atoms in total. The average molecular weight is 211 g/mol. The zero-order valence-corrected chi connectivity index (χ0v) is 9.66. The fourth-order valence-corrected chi connectivity index (χ4v) is 1.71. The lowest BCUT2D eigenvalue weighted by Crippen LogP contribution is -2.31. The normalized spacial score (nSPS) is 12.9. The van der Waals surface area contributed by atoms with Crippen molar-refractivity contribution in [3.05, 3.63) is 24.2 Å². The summed E-state index contributed by atoms with van der Waals surface area (Å²) in [6, 6.07) is 4.46. The number of methoxy groups -OCH3 is 1. The van der Waals surface area contributed by atoms with E-state index in [9.17, 15) is 0 Å². The minimum atomic E-state index is 0.497. The fourth-order valence-electron chi connectivity index (χ4n) is 1.71. The van der Waals surface area contributed by atoms with E-state index in [0.717, 1.165) is 38.2 Å². The number of hydrogen-bond donors (Lipinski definition) is 1. The summed E-state index contributed by atoms with van der Waals surface area (Å²) in [4.78, 5) is 0. The highest BCUT2D eigenvalue weighted by Crippen LogP contribution is 2.08. The first-order chi connectivity index (χ1) is 7.36. The maximum absolute atomic E-state index is 5.35. The molecule has 15 heavy (non-hydrogen) atoms. The monoisotopic (exact) mass is 211 g/mol. The van der Waals surface area contributed by atoms with E-state index < -0.39 is 0 Å². The molecule has 0 amide bonds. The van der Waals surface area contributed by atoms with E-state index in [2.05, 4.69) is 12.2 Å². The Morgan fingerprint density at radius 3 is 3.00 bits per heavy atom. The number of hydrogen-bond acceptors (Lipinski definition) is 3. The van der Waals surface area contributed by atoms with Crippen molar-refractivity contribution in [2.75, 3.05) is 20.3 Å². The van der Waals surface area contributed by atoms with Crippen LogP contribution in [0.25, 0.3) is 0 Å². The van der Waals surface area contributed by atoms with Gasteiger partial charge in [0.15, 0.2) is 0 Å². The SMILES string of the molecule is CCNC(CCCOC)Cc1ccco1. The first-order valence-electron chi connectivity index (χ1n) is 5.61. The lowest BCUT2D eigenvalue weighted by Gasteiger charge is -2.16. The number of furan rings is 1. The Morgan fingerprint density at radius 1 is 1.53 bits per heavy atom. The molecule has 1 heterocycles. The minimum absolute atomic E-state index is 0.497. The smallest absolute Gasteiger partial charge is 0.105 e. The molecule has 0 saturated heterocycles. The van der Waals surface area contributed by atoms with E-state index in [1.165, 1.54) is 0 Å². The number of nitrogens with one attached hydrogen (secondary N) is 1. The van der Waals surface area contributed by atoms with Crippen molar-refractivity contribution in [3.63, 3.8) is 0 Å². The van der Waals surface area contributed by atoms with E-state index in [4.69, 9.17) is 9.15 Å². The van der Waals surface area contributed by atoms with Gasteiger partial charge in [0, 0.05) is 26.2 Å². The molecule has 0 aromatic carbocycles. The second-order valence-corrected chi connectivity index (χ2v) is 3.67. The van der Waals surface area contributed by atoms with Gasteiger partial charge in [0.05, 0.1) is 6.26 Å². The molecule has 0 saturated carbocycles. The summed E-state index contributed by atoms with van der Waals surface area (Å²) in [5.74, 6) is 1.05. The molecule has 1 aromatic heterocycles. The van der Waals surface area contributed by atoms with Gasteiger partial charge in [-0.15, -0.1) is 0 Å². The number of likely N-dealkylation sites (N-methyl/N-ethyl adjacent to an activating group) is 1. The van der Waals surface area contributed by atoms with Crippen molar-refractivity contribution >= 4 is 0 Å². The van der Waals surface area contributed by atoms with Crippen LogP contribution in [0.5, 0.6) is 0 Å². The van der Waals surface area contributed by atoms with Gasteiger partial charge in [-0.3, -0.25) is 0 Å². The summed E-state index contributed by atoms with van der Waals surface area (Å²) in [6.45, 7) is 3.96. The fraction of sp³-hybridized carbons (Fsp3) is 0.667. The zero-order chi connectivity index (χ0) is 10.9. The van der Waals surface area contributed by atoms with Gasteiger partial charge in [0.25, 0.3) is 0 Å². The van der Waals surface area contributed by atoms with E-state index >= 15 is 0 Å². The standard InChI is InChI=1S/C12H21NO2/c1-3-13-11(6-4-8-14-2)10-12-7-5-9-15-12/h5,7,9,11,13H,3-4,6,8,10H2,1-2H3. The molecule has 0 aliphatic carbocycles. The molecule has 0 aliphatic heterocycles. The van der Waals surface area contributed by atoms with Crippen LogP contribution < -0.4 is 5.32 Å². The van der Waals surface area contributed by atoms with E-state index in [1.807, 2.05) is 12.1 Å². The van der Waals surface area contributed by atoms with Gasteiger partial charge in [-0.05, 0) is 31.5 Å². The Morgan fingerprint density at radius 2 is 2.40 bits per heavy atom. The van der Waals surface area contributed by atoms with Crippen LogP contribution in [0.15, 0.2) is 22.8 Å². The summed E-state index contributed by atoms with van der Waals surface area (Å²) in [5, 5.41) is 3.46. The predicted octanol–water partition coefficient (Wildman–Crippen LogP) is 2.23. The molecule has 1 N–H and O–H groups in total. The van der Waals surface area contributed by atoms with Gasteiger partial charge in [-0.1, -0.05) is 6.92 Å². The van der Waals surface area contributed by atoms with Crippen molar-refractivity contribution in [2.45, 2.75) is 32.2 Å². The van der Waals surface area contributed by atoms with Gasteiger partial charge in [0.2, 0.25) is 0 Å². The number of ether oxygens (including phenoxy) is 1. The predicted molar refractivity (Wildman–Crippen MR) is 61.0 cm³/mol. The maximum Gasteiger partial charge on any atom is 0.105 e. The van der Waals surface area contributed by atoms with E-state index in [-0.39, 0.29) is 0 Å². The van der Waals surface area contributed by atoms with Crippen molar-refractivity contribution in [3.8, 4) is 0 Å². The molecule has 0 bridgehead atoms. The topological polar surface area (TPSA) is 34.4 Å². The Hall–Kier alpha value is -0.800. The molecule has 0 spiro atoms. The molecule has 1 unspecified atom stereocenters. The van der Waals surface area contributed by atoms with Crippen LogP contribution in [0, 0.1) is 0 Å². The van der Waals surface area contributed by atoms with Crippen LogP contribution in [-0.2, 0) is 11.2 Å². The third-order valence-corrected chi connectivity index (χ3v) is 2.42. The van der Waals surface area contributed by atoms with Crippen LogP contribution >= 0.6 is 0 Å². The third kappa shape index (κ3) is 5.00. The summed E-state index contributed by atoms with van der Waals surface area (Å²) < 4.78 is 10.4. The molecule has 1 atom stereocenters. The molecule has 3 heteroatoms. The summed E-state index contributed by atoms with van der Waals surface area (Å²) in [6.07, 6.45) is 4.91. The second-order valence-electron chi connectivity index (χ2n) is 3.67. The van der Waals surface area contributed by atoms with E-state index in [0.29, 0.717) is 6.04 Å². The number of rotatable bonds is 8. The zero-order valence-electron chi connectivity index (χ0n) is 9.66. The Balaban J connectivity index is 2.29. The highest BCUT2D eigenvalue weighted by atomic mass is 16.5. The largest absolute Gasteiger partial charge is 0.469 e. The van der Waals surface area contributed by atoms with Gasteiger partial charge in [-0.2, -0.15) is 0 Å². The van der Waals surface area contributed by atoms with Gasteiger partial charge in [0.1, 0.15) is 5.76 Å². The quantitative estimate of drug-likeness (QED) is 0.670. The average Bonchev–Trinajstić information content (AvgIpc) is 2.71.